The van der Waals surface area contributed by atoms with Crippen LogP contribution in [-0.4, -0.2) is 10.9 Å². The number of hydrogen-bond acceptors (Lipinski definition) is 3. The summed E-state index contributed by atoms with van der Waals surface area (Å²) in [5.41, 5.74) is 6.01. The van der Waals surface area contributed by atoms with Crippen LogP contribution >= 0.6 is 11.3 Å². The number of aromatic nitrogens is 1. The van der Waals surface area contributed by atoms with Gasteiger partial charge in [0.15, 0.2) is 5.13 Å². The molecule has 4 heteroatoms. The molecule has 1 heterocycles. The Hall–Kier alpha value is -2.46. The largest absolute Gasteiger partial charge is 0.302 e. The molecule has 2 aromatic carbocycles. The Morgan fingerprint density at radius 2 is 1.84 bits per heavy atom. The molecule has 0 aliphatic heterocycles. The number of amides is 1. The number of anilines is 1. The molecule has 3 aromatic rings. The van der Waals surface area contributed by atoms with E-state index in [-0.39, 0.29) is 5.91 Å². The molecular weight excluding hydrogens is 328 g/mol. The zero-order valence-corrected chi connectivity index (χ0v) is 14.8. The molecule has 0 saturated carbocycles. The minimum Gasteiger partial charge on any atom is -0.302 e. The number of fused-ring (bicyclic) bond motifs is 1. The highest BCUT2D eigenvalue weighted by Crippen LogP contribution is 2.29. The second-order valence-corrected chi connectivity index (χ2v) is 7.30. The smallest absolute Gasteiger partial charge is 0.230 e. The Morgan fingerprint density at radius 3 is 2.68 bits per heavy atom. The van der Waals surface area contributed by atoms with Crippen LogP contribution in [0.5, 0.6) is 0 Å². The van der Waals surface area contributed by atoms with Crippen molar-refractivity contribution in [1.29, 1.82) is 0 Å². The second kappa shape index (κ2) is 7.19. The van der Waals surface area contributed by atoms with E-state index in [9.17, 15) is 4.79 Å². The predicted molar refractivity (Wildman–Crippen MR) is 103 cm³/mol. The van der Waals surface area contributed by atoms with Gasteiger partial charge in [-0.2, -0.15) is 0 Å². The summed E-state index contributed by atoms with van der Waals surface area (Å²) in [6.07, 6.45) is 5.28. The van der Waals surface area contributed by atoms with E-state index < -0.39 is 0 Å². The number of benzene rings is 2. The highest BCUT2D eigenvalue weighted by Gasteiger charge is 2.13. The maximum Gasteiger partial charge on any atom is 0.230 e. The summed E-state index contributed by atoms with van der Waals surface area (Å²) in [5.74, 6) is -0.0301. The lowest BCUT2D eigenvalue weighted by molar-refractivity contribution is -0.115. The number of rotatable bonds is 4. The molecule has 1 amide bonds. The molecule has 126 valence electrons. The van der Waals surface area contributed by atoms with E-state index >= 15 is 0 Å². The van der Waals surface area contributed by atoms with E-state index in [2.05, 4.69) is 28.5 Å². The number of thiazole rings is 1. The van der Waals surface area contributed by atoms with Gasteiger partial charge in [-0.05, 0) is 48.4 Å². The lowest BCUT2D eigenvalue weighted by Gasteiger charge is -2.16. The number of aryl methyl sites for hydroxylation is 2. The van der Waals surface area contributed by atoms with Gasteiger partial charge in [0.2, 0.25) is 5.91 Å². The first-order chi connectivity index (χ1) is 12.3. The van der Waals surface area contributed by atoms with E-state index in [1.807, 2.05) is 35.7 Å². The molecule has 0 bridgehead atoms. The Morgan fingerprint density at radius 1 is 1.04 bits per heavy atom. The number of hydrogen-bond donors (Lipinski definition) is 1. The van der Waals surface area contributed by atoms with Gasteiger partial charge in [-0.15, -0.1) is 11.3 Å². The minimum atomic E-state index is -0.0301. The molecule has 25 heavy (non-hydrogen) atoms. The van der Waals surface area contributed by atoms with E-state index in [1.54, 1.807) is 0 Å². The molecule has 0 spiro atoms. The van der Waals surface area contributed by atoms with Gasteiger partial charge in [0.25, 0.3) is 0 Å². The summed E-state index contributed by atoms with van der Waals surface area (Å²) < 4.78 is 0. The van der Waals surface area contributed by atoms with Crippen LogP contribution in [0.25, 0.3) is 11.3 Å². The molecule has 0 unspecified atom stereocenters. The first kappa shape index (κ1) is 16.0. The maximum absolute atomic E-state index is 12.2. The fraction of sp³-hybridized carbons (Fsp3) is 0.238. The second-order valence-electron chi connectivity index (χ2n) is 6.44. The summed E-state index contributed by atoms with van der Waals surface area (Å²) in [6.45, 7) is 0. The van der Waals surface area contributed by atoms with E-state index in [0.717, 1.165) is 23.2 Å². The summed E-state index contributed by atoms with van der Waals surface area (Å²) in [7, 11) is 0. The SMILES string of the molecule is O=C(Cc1ccccc1)Nc1nc(-c2ccc3c(c2)CCCC3)cs1. The molecule has 0 fully saturated rings. The maximum atomic E-state index is 12.2. The van der Waals surface area contributed by atoms with Crippen LogP contribution in [0.1, 0.15) is 29.5 Å². The highest BCUT2D eigenvalue weighted by atomic mass is 32.1. The van der Waals surface area contributed by atoms with Gasteiger partial charge in [-0.25, -0.2) is 4.98 Å². The monoisotopic (exact) mass is 348 g/mol. The first-order valence-electron chi connectivity index (χ1n) is 8.69. The average molecular weight is 348 g/mol. The van der Waals surface area contributed by atoms with Crippen molar-refractivity contribution in [1.82, 2.24) is 4.98 Å². The normalized spacial score (nSPS) is 13.3. The summed E-state index contributed by atoms with van der Waals surface area (Å²) in [5, 5.41) is 5.59. The molecule has 1 aliphatic carbocycles. The van der Waals surface area contributed by atoms with Gasteiger partial charge in [-0.3, -0.25) is 4.79 Å². The Balaban J connectivity index is 1.46. The van der Waals surface area contributed by atoms with Gasteiger partial charge in [-0.1, -0.05) is 42.5 Å². The summed E-state index contributed by atoms with van der Waals surface area (Å²) >= 11 is 1.48. The van der Waals surface area contributed by atoms with E-state index in [1.165, 1.54) is 41.7 Å². The third kappa shape index (κ3) is 3.80. The van der Waals surface area contributed by atoms with Crippen LogP contribution in [0.4, 0.5) is 5.13 Å². The molecule has 3 nitrogen and oxygen atoms in total. The average Bonchev–Trinajstić information content (AvgIpc) is 3.10. The molecule has 0 radical (unpaired) electrons. The molecule has 0 saturated heterocycles. The quantitative estimate of drug-likeness (QED) is 0.731. The molecule has 1 N–H and O–H groups in total. The van der Waals surface area contributed by atoms with Crippen LogP contribution in [0.2, 0.25) is 0 Å². The Labute approximate surface area is 151 Å². The topological polar surface area (TPSA) is 42.0 Å². The van der Waals surface area contributed by atoms with Gasteiger partial charge in [0.05, 0.1) is 12.1 Å². The van der Waals surface area contributed by atoms with Crippen LogP contribution in [0.15, 0.2) is 53.9 Å². The number of carbonyl (C=O) groups excluding carboxylic acids is 1. The highest BCUT2D eigenvalue weighted by molar-refractivity contribution is 7.14. The van der Waals surface area contributed by atoms with Crippen LogP contribution in [0, 0.1) is 0 Å². The predicted octanol–water partition coefficient (Wildman–Crippen LogP) is 4.87. The van der Waals surface area contributed by atoms with Crippen LogP contribution in [-0.2, 0) is 24.1 Å². The van der Waals surface area contributed by atoms with Gasteiger partial charge >= 0.3 is 0 Å². The van der Waals surface area contributed by atoms with Crippen molar-refractivity contribution in [3.63, 3.8) is 0 Å². The third-order valence-electron chi connectivity index (χ3n) is 4.60. The van der Waals surface area contributed by atoms with Crippen molar-refractivity contribution >= 4 is 22.4 Å². The lowest BCUT2D eigenvalue weighted by Crippen LogP contribution is -2.14. The van der Waals surface area contributed by atoms with E-state index in [0.29, 0.717) is 11.6 Å². The Bertz CT molecular complexity index is 886. The van der Waals surface area contributed by atoms with Crippen molar-refractivity contribution in [3.05, 3.63) is 70.6 Å². The van der Waals surface area contributed by atoms with Crippen molar-refractivity contribution in [2.75, 3.05) is 5.32 Å². The number of nitrogens with zero attached hydrogens (tertiary/aromatic N) is 1. The lowest BCUT2D eigenvalue weighted by atomic mass is 9.90. The fourth-order valence-electron chi connectivity index (χ4n) is 3.30. The molecule has 0 atom stereocenters. The molecule has 4 rings (SSSR count). The molecular formula is C21H20N2OS. The standard InChI is InChI=1S/C21H20N2OS/c24-20(12-15-6-2-1-3-7-15)23-21-22-19(14-25-21)18-11-10-16-8-4-5-9-17(16)13-18/h1-3,6-7,10-11,13-14H,4-5,8-9,12H2,(H,22,23,24). The van der Waals surface area contributed by atoms with Gasteiger partial charge in [0, 0.05) is 10.9 Å². The number of carbonyl (C=O) groups is 1. The summed E-state index contributed by atoms with van der Waals surface area (Å²) in [6, 6.07) is 16.4. The minimum absolute atomic E-state index is 0.0301. The van der Waals surface area contributed by atoms with Crippen LogP contribution < -0.4 is 5.32 Å². The Kier molecular flexibility index (Phi) is 4.61. The van der Waals surface area contributed by atoms with E-state index in [4.69, 9.17) is 0 Å². The van der Waals surface area contributed by atoms with Gasteiger partial charge < -0.3 is 5.32 Å². The fourth-order valence-corrected chi connectivity index (χ4v) is 4.04. The summed E-state index contributed by atoms with van der Waals surface area (Å²) in [4.78, 5) is 16.8. The third-order valence-corrected chi connectivity index (χ3v) is 5.36. The van der Waals surface area contributed by atoms with Crippen molar-refractivity contribution in [3.8, 4) is 11.3 Å². The molecule has 1 aromatic heterocycles. The first-order valence-corrected chi connectivity index (χ1v) is 9.57. The molecule has 1 aliphatic rings. The number of nitrogens with one attached hydrogen (secondary N) is 1. The van der Waals surface area contributed by atoms with Gasteiger partial charge in [0.1, 0.15) is 0 Å². The van der Waals surface area contributed by atoms with Crippen LogP contribution in [0.3, 0.4) is 0 Å². The van der Waals surface area contributed by atoms with Crippen molar-refractivity contribution in [2.45, 2.75) is 32.1 Å². The van der Waals surface area contributed by atoms with Crippen molar-refractivity contribution in [2.24, 2.45) is 0 Å². The zero-order chi connectivity index (χ0) is 17.1. The van der Waals surface area contributed by atoms with Crippen molar-refractivity contribution < 1.29 is 4.79 Å². The zero-order valence-electron chi connectivity index (χ0n) is 14.0.